The van der Waals surface area contributed by atoms with E-state index in [4.69, 9.17) is 21.1 Å². The van der Waals surface area contributed by atoms with Gasteiger partial charge in [0, 0.05) is 23.7 Å². The summed E-state index contributed by atoms with van der Waals surface area (Å²) in [5, 5.41) is 1.41. The van der Waals surface area contributed by atoms with E-state index in [0.29, 0.717) is 41.1 Å². The Bertz CT molecular complexity index is 1010. The maximum atomic E-state index is 12.7. The number of halogens is 2. The Kier molecular flexibility index (Phi) is 8.07. The molecule has 5 nitrogen and oxygen atoms in total. The molecular formula is C22H22ClIN2O3S. The van der Waals surface area contributed by atoms with E-state index in [1.807, 2.05) is 56.3 Å². The van der Waals surface area contributed by atoms with Gasteiger partial charge in [-0.05, 0) is 78.0 Å². The molecule has 1 heterocycles. The number of ether oxygens (including phenoxy) is 2. The molecule has 158 valence electrons. The standard InChI is InChI=1S/C22H22ClIN2O3S/c1-4-25-22-26(5-2)21(27)19(30-22)12-14-10-17(24)20(18(11-14)28-3)29-13-15-8-6-7-9-16(15)23/h6-12H,4-5,13H2,1-3H3/b19-12+,25-22?. The van der Waals surface area contributed by atoms with Crippen LogP contribution in [0.1, 0.15) is 25.0 Å². The number of rotatable bonds is 7. The molecule has 0 aromatic heterocycles. The molecule has 2 aromatic rings. The summed E-state index contributed by atoms with van der Waals surface area (Å²) in [6.07, 6.45) is 1.87. The maximum Gasteiger partial charge on any atom is 0.266 e. The number of benzene rings is 2. The van der Waals surface area contributed by atoms with Gasteiger partial charge in [-0.15, -0.1) is 0 Å². The van der Waals surface area contributed by atoms with Gasteiger partial charge in [0.25, 0.3) is 5.91 Å². The van der Waals surface area contributed by atoms with E-state index in [1.165, 1.54) is 11.8 Å². The summed E-state index contributed by atoms with van der Waals surface area (Å²) in [6, 6.07) is 11.4. The number of amides is 1. The summed E-state index contributed by atoms with van der Waals surface area (Å²) in [5.41, 5.74) is 1.77. The first-order valence-electron chi connectivity index (χ1n) is 9.48. The van der Waals surface area contributed by atoms with Crippen molar-refractivity contribution < 1.29 is 14.3 Å². The van der Waals surface area contributed by atoms with Crippen LogP contribution in [0.3, 0.4) is 0 Å². The fraction of sp³-hybridized carbons (Fsp3) is 0.273. The van der Waals surface area contributed by atoms with Crippen LogP contribution in [0.2, 0.25) is 5.02 Å². The lowest BCUT2D eigenvalue weighted by Gasteiger charge is -2.14. The van der Waals surface area contributed by atoms with E-state index in [2.05, 4.69) is 27.6 Å². The van der Waals surface area contributed by atoms with Gasteiger partial charge in [0.1, 0.15) is 6.61 Å². The van der Waals surface area contributed by atoms with E-state index < -0.39 is 0 Å². The molecule has 1 fully saturated rings. The van der Waals surface area contributed by atoms with Gasteiger partial charge in [-0.2, -0.15) is 0 Å². The molecule has 1 amide bonds. The molecule has 30 heavy (non-hydrogen) atoms. The van der Waals surface area contributed by atoms with Crippen molar-refractivity contribution in [3.8, 4) is 11.5 Å². The first kappa shape index (κ1) is 23.0. The third-order valence-corrected chi connectivity index (χ3v) is 6.59. The zero-order valence-electron chi connectivity index (χ0n) is 16.9. The van der Waals surface area contributed by atoms with Crippen LogP contribution >= 0.6 is 46.0 Å². The summed E-state index contributed by atoms with van der Waals surface area (Å²) < 4.78 is 12.5. The predicted octanol–water partition coefficient (Wildman–Crippen LogP) is 5.84. The van der Waals surface area contributed by atoms with Gasteiger partial charge in [-0.3, -0.25) is 14.7 Å². The summed E-state index contributed by atoms with van der Waals surface area (Å²) in [4.78, 5) is 19.5. The molecule has 0 aliphatic carbocycles. The molecule has 2 aromatic carbocycles. The second-order valence-corrected chi connectivity index (χ2v) is 8.91. The Hall–Kier alpha value is -1.71. The van der Waals surface area contributed by atoms with Gasteiger partial charge in [0.15, 0.2) is 16.7 Å². The van der Waals surface area contributed by atoms with Gasteiger partial charge in [0.2, 0.25) is 0 Å². The molecule has 0 saturated carbocycles. The van der Waals surface area contributed by atoms with Gasteiger partial charge in [-0.1, -0.05) is 29.8 Å². The van der Waals surface area contributed by atoms with Crippen LogP contribution in [0.4, 0.5) is 0 Å². The number of hydrogen-bond acceptors (Lipinski definition) is 5. The molecule has 0 unspecified atom stereocenters. The van der Waals surface area contributed by atoms with Crippen molar-refractivity contribution in [3.05, 3.63) is 61.0 Å². The largest absolute Gasteiger partial charge is 0.493 e. The van der Waals surface area contributed by atoms with Crippen LogP contribution in [0.25, 0.3) is 6.08 Å². The third-order valence-electron chi connectivity index (χ3n) is 4.38. The third kappa shape index (κ3) is 5.12. The average molecular weight is 557 g/mol. The van der Waals surface area contributed by atoms with Crippen LogP contribution in [-0.2, 0) is 11.4 Å². The molecule has 8 heteroatoms. The molecule has 1 aliphatic rings. The molecule has 0 atom stereocenters. The Balaban J connectivity index is 1.87. The zero-order chi connectivity index (χ0) is 21.7. The number of methoxy groups -OCH3 is 1. The minimum absolute atomic E-state index is 0.0253. The summed E-state index contributed by atoms with van der Waals surface area (Å²) in [5.74, 6) is 1.22. The highest BCUT2D eigenvalue weighted by molar-refractivity contribution is 14.1. The number of hydrogen-bond donors (Lipinski definition) is 0. The minimum atomic E-state index is -0.0253. The monoisotopic (exact) mass is 556 g/mol. The molecule has 1 saturated heterocycles. The van der Waals surface area contributed by atoms with Crippen LogP contribution in [-0.4, -0.2) is 36.2 Å². The Labute approximate surface area is 199 Å². The molecule has 3 rings (SSSR count). The minimum Gasteiger partial charge on any atom is -0.493 e. The van der Waals surface area contributed by atoms with E-state index in [-0.39, 0.29) is 5.91 Å². The second kappa shape index (κ2) is 10.5. The number of likely N-dealkylation sites (N-methyl/N-ethyl adjacent to an activating group) is 1. The Morgan fingerprint density at radius 2 is 2.03 bits per heavy atom. The van der Waals surface area contributed by atoms with Crippen LogP contribution in [0, 0.1) is 3.57 Å². The van der Waals surface area contributed by atoms with Crippen molar-refractivity contribution in [1.29, 1.82) is 0 Å². The predicted molar refractivity (Wildman–Crippen MR) is 132 cm³/mol. The quantitative estimate of drug-likeness (QED) is 0.317. The topological polar surface area (TPSA) is 51.1 Å². The molecule has 1 aliphatic heterocycles. The number of nitrogens with zero attached hydrogens (tertiary/aromatic N) is 2. The van der Waals surface area contributed by atoms with Crippen molar-refractivity contribution in [1.82, 2.24) is 4.90 Å². The van der Waals surface area contributed by atoms with Gasteiger partial charge >= 0.3 is 0 Å². The summed E-state index contributed by atoms with van der Waals surface area (Å²) in [6.45, 7) is 5.48. The summed E-state index contributed by atoms with van der Waals surface area (Å²) in [7, 11) is 1.60. The zero-order valence-corrected chi connectivity index (χ0v) is 20.7. The van der Waals surface area contributed by atoms with E-state index in [1.54, 1.807) is 12.0 Å². The highest BCUT2D eigenvalue weighted by Crippen LogP contribution is 2.38. The Morgan fingerprint density at radius 1 is 1.27 bits per heavy atom. The fourth-order valence-electron chi connectivity index (χ4n) is 2.92. The van der Waals surface area contributed by atoms with Gasteiger partial charge < -0.3 is 9.47 Å². The smallest absolute Gasteiger partial charge is 0.266 e. The lowest BCUT2D eigenvalue weighted by atomic mass is 10.1. The lowest BCUT2D eigenvalue weighted by Crippen LogP contribution is -2.28. The van der Waals surface area contributed by atoms with Gasteiger partial charge in [0.05, 0.1) is 15.6 Å². The SMILES string of the molecule is CCN=C1S/C(=C/c2cc(I)c(OCc3ccccc3Cl)c(OC)c2)C(=O)N1CC. The van der Waals surface area contributed by atoms with Crippen molar-refractivity contribution in [2.24, 2.45) is 4.99 Å². The number of carbonyl (C=O) groups is 1. The van der Waals surface area contributed by atoms with E-state index >= 15 is 0 Å². The normalized spacial score (nSPS) is 16.6. The fourth-order valence-corrected chi connectivity index (χ4v) is 5.00. The molecular weight excluding hydrogens is 535 g/mol. The maximum absolute atomic E-state index is 12.7. The van der Waals surface area contributed by atoms with Gasteiger partial charge in [-0.25, -0.2) is 0 Å². The first-order chi connectivity index (χ1) is 14.5. The molecule has 0 N–H and O–H groups in total. The number of amidine groups is 1. The molecule has 0 radical (unpaired) electrons. The first-order valence-corrected chi connectivity index (χ1v) is 11.7. The van der Waals surface area contributed by atoms with E-state index in [0.717, 1.165) is 19.9 Å². The molecule has 0 spiro atoms. The molecule has 0 bridgehead atoms. The summed E-state index contributed by atoms with van der Waals surface area (Å²) >= 11 is 9.84. The average Bonchev–Trinajstić information content (AvgIpc) is 3.02. The van der Waals surface area contributed by atoms with E-state index in [9.17, 15) is 4.79 Å². The van der Waals surface area contributed by atoms with Crippen LogP contribution in [0.5, 0.6) is 11.5 Å². The second-order valence-electron chi connectivity index (χ2n) is 6.33. The van der Waals surface area contributed by atoms with Crippen LogP contribution in [0.15, 0.2) is 46.3 Å². The Morgan fingerprint density at radius 3 is 2.70 bits per heavy atom. The number of carbonyl (C=O) groups excluding carboxylic acids is 1. The number of aliphatic imine (C=N–C) groups is 1. The van der Waals surface area contributed by atoms with Crippen molar-refractivity contribution >= 4 is 63.1 Å². The van der Waals surface area contributed by atoms with Crippen molar-refractivity contribution in [2.75, 3.05) is 20.2 Å². The van der Waals surface area contributed by atoms with Crippen molar-refractivity contribution in [2.45, 2.75) is 20.5 Å². The van der Waals surface area contributed by atoms with Crippen molar-refractivity contribution in [3.63, 3.8) is 0 Å². The number of thioether (sulfide) groups is 1. The van der Waals surface area contributed by atoms with Crippen LogP contribution < -0.4 is 9.47 Å². The lowest BCUT2D eigenvalue weighted by molar-refractivity contribution is -0.122. The highest BCUT2D eigenvalue weighted by atomic mass is 127. The highest BCUT2D eigenvalue weighted by Gasteiger charge is 2.31.